The number of aryl methyl sites for hydroxylation is 2. The Morgan fingerprint density at radius 2 is 2.11 bits per heavy atom. The van der Waals surface area contributed by atoms with Crippen molar-refractivity contribution >= 4 is 29.7 Å². The molecule has 1 amide bonds. The Morgan fingerprint density at radius 1 is 1.44 bits per heavy atom. The SMILES string of the molecule is Cc1ccc(CCCC(=O)NCC(C)(C)N)s1.Cl. The number of rotatable bonds is 6. The Balaban J connectivity index is 0.00000289. The Kier molecular flexibility index (Phi) is 7.52. The van der Waals surface area contributed by atoms with Gasteiger partial charge in [0, 0.05) is 28.3 Å². The van der Waals surface area contributed by atoms with Gasteiger partial charge in [0.25, 0.3) is 0 Å². The van der Waals surface area contributed by atoms with Gasteiger partial charge in [-0.1, -0.05) is 0 Å². The molecule has 0 aliphatic heterocycles. The molecule has 1 rings (SSSR count). The summed E-state index contributed by atoms with van der Waals surface area (Å²) in [6.45, 7) is 6.44. The quantitative estimate of drug-likeness (QED) is 0.846. The standard InChI is InChI=1S/C13H22N2OS.ClH/c1-10-7-8-11(17-10)5-4-6-12(16)15-9-13(2,3)14;/h7-8H,4-6,9,14H2,1-3H3,(H,15,16);1H. The molecule has 0 aliphatic carbocycles. The van der Waals surface area contributed by atoms with E-state index >= 15 is 0 Å². The lowest BCUT2D eigenvalue weighted by Gasteiger charge is -2.18. The fourth-order valence-corrected chi connectivity index (χ4v) is 2.39. The summed E-state index contributed by atoms with van der Waals surface area (Å²) in [5.74, 6) is 0.0943. The maximum absolute atomic E-state index is 11.5. The molecule has 1 aromatic heterocycles. The van der Waals surface area contributed by atoms with Crippen molar-refractivity contribution in [3.63, 3.8) is 0 Å². The summed E-state index contributed by atoms with van der Waals surface area (Å²) >= 11 is 1.81. The number of thiophene rings is 1. The number of hydrogen-bond donors (Lipinski definition) is 2. The lowest BCUT2D eigenvalue weighted by molar-refractivity contribution is -0.121. The van der Waals surface area contributed by atoms with E-state index in [1.165, 1.54) is 9.75 Å². The summed E-state index contributed by atoms with van der Waals surface area (Å²) in [6.07, 6.45) is 2.46. The van der Waals surface area contributed by atoms with Gasteiger partial charge < -0.3 is 11.1 Å². The molecule has 3 nitrogen and oxygen atoms in total. The molecule has 5 heteroatoms. The Hall–Kier alpha value is -0.580. The molecule has 0 spiro atoms. The first-order valence-electron chi connectivity index (χ1n) is 5.98. The molecule has 0 aliphatic rings. The van der Waals surface area contributed by atoms with Crippen LogP contribution in [0.5, 0.6) is 0 Å². The predicted octanol–water partition coefficient (Wildman–Crippen LogP) is 2.65. The van der Waals surface area contributed by atoms with E-state index in [4.69, 9.17) is 5.73 Å². The molecule has 1 aromatic rings. The molecular weight excluding hydrogens is 268 g/mol. The van der Waals surface area contributed by atoms with Gasteiger partial charge in [0.05, 0.1) is 0 Å². The van der Waals surface area contributed by atoms with Crippen molar-refractivity contribution in [2.45, 2.75) is 45.6 Å². The number of carbonyl (C=O) groups excluding carboxylic acids is 1. The molecule has 0 saturated carbocycles. The van der Waals surface area contributed by atoms with Gasteiger partial charge in [0.1, 0.15) is 0 Å². The zero-order valence-corrected chi connectivity index (χ0v) is 12.9. The monoisotopic (exact) mass is 290 g/mol. The smallest absolute Gasteiger partial charge is 0.220 e. The van der Waals surface area contributed by atoms with E-state index in [1.807, 2.05) is 13.8 Å². The molecule has 0 fully saturated rings. The summed E-state index contributed by atoms with van der Waals surface area (Å²) < 4.78 is 0. The van der Waals surface area contributed by atoms with Crippen LogP contribution in [0.25, 0.3) is 0 Å². The largest absolute Gasteiger partial charge is 0.354 e. The van der Waals surface area contributed by atoms with Crippen LogP contribution < -0.4 is 11.1 Å². The number of halogens is 1. The topological polar surface area (TPSA) is 55.1 Å². The van der Waals surface area contributed by atoms with Crippen LogP contribution in [0.3, 0.4) is 0 Å². The van der Waals surface area contributed by atoms with Crippen LogP contribution >= 0.6 is 23.7 Å². The van der Waals surface area contributed by atoms with E-state index in [2.05, 4.69) is 24.4 Å². The van der Waals surface area contributed by atoms with Gasteiger partial charge in [0.2, 0.25) is 5.91 Å². The summed E-state index contributed by atoms with van der Waals surface area (Å²) in [4.78, 5) is 14.2. The molecule has 18 heavy (non-hydrogen) atoms. The zero-order valence-electron chi connectivity index (χ0n) is 11.3. The molecule has 0 atom stereocenters. The first-order valence-corrected chi connectivity index (χ1v) is 6.79. The van der Waals surface area contributed by atoms with Crippen molar-refractivity contribution in [3.8, 4) is 0 Å². The number of nitrogens with two attached hydrogens (primary N) is 1. The van der Waals surface area contributed by atoms with Crippen LogP contribution in [0.15, 0.2) is 12.1 Å². The lowest BCUT2D eigenvalue weighted by Crippen LogP contribution is -2.45. The molecular formula is C13H23ClN2OS. The maximum atomic E-state index is 11.5. The molecule has 3 N–H and O–H groups in total. The minimum absolute atomic E-state index is 0. The third-order valence-corrected chi connectivity index (χ3v) is 3.42. The van der Waals surface area contributed by atoms with E-state index in [9.17, 15) is 4.79 Å². The van der Waals surface area contributed by atoms with Crippen LogP contribution in [0, 0.1) is 6.92 Å². The lowest BCUT2D eigenvalue weighted by atomic mass is 10.1. The highest BCUT2D eigenvalue weighted by atomic mass is 35.5. The second kappa shape index (κ2) is 7.77. The van der Waals surface area contributed by atoms with Crippen molar-refractivity contribution in [1.82, 2.24) is 5.32 Å². The number of hydrogen-bond acceptors (Lipinski definition) is 3. The summed E-state index contributed by atoms with van der Waals surface area (Å²) in [5, 5.41) is 2.85. The fraction of sp³-hybridized carbons (Fsp3) is 0.615. The van der Waals surface area contributed by atoms with Gasteiger partial charge in [0.15, 0.2) is 0 Å². The van der Waals surface area contributed by atoms with Crippen LogP contribution in [-0.2, 0) is 11.2 Å². The van der Waals surface area contributed by atoms with Crippen LogP contribution in [0.4, 0.5) is 0 Å². The van der Waals surface area contributed by atoms with E-state index in [0.29, 0.717) is 13.0 Å². The van der Waals surface area contributed by atoms with E-state index in [1.54, 1.807) is 11.3 Å². The molecule has 0 saturated heterocycles. The van der Waals surface area contributed by atoms with E-state index in [-0.39, 0.29) is 23.9 Å². The average Bonchev–Trinajstić information content (AvgIpc) is 2.60. The van der Waals surface area contributed by atoms with Crippen molar-refractivity contribution in [1.29, 1.82) is 0 Å². The third-order valence-electron chi connectivity index (χ3n) is 2.36. The molecule has 0 aromatic carbocycles. The van der Waals surface area contributed by atoms with Gasteiger partial charge in [-0.25, -0.2) is 0 Å². The average molecular weight is 291 g/mol. The van der Waals surface area contributed by atoms with Crippen LogP contribution in [-0.4, -0.2) is 18.0 Å². The van der Waals surface area contributed by atoms with Gasteiger partial charge >= 0.3 is 0 Å². The molecule has 104 valence electrons. The van der Waals surface area contributed by atoms with Crippen LogP contribution in [0.1, 0.15) is 36.4 Å². The van der Waals surface area contributed by atoms with Gasteiger partial charge in [-0.2, -0.15) is 0 Å². The first kappa shape index (κ1) is 17.4. The molecule has 1 heterocycles. The van der Waals surface area contributed by atoms with Crippen molar-refractivity contribution in [3.05, 3.63) is 21.9 Å². The second-order valence-electron chi connectivity index (χ2n) is 5.13. The van der Waals surface area contributed by atoms with Gasteiger partial charge in [-0.3, -0.25) is 4.79 Å². The molecule has 0 unspecified atom stereocenters. The molecule has 0 bridgehead atoms. The first-order chi connectivity index (χ1) is 7.87. The predicted molar refractivity (Wildman–Crippen MR) is 80.5 cm³/mol. The van der Waals surface area contributed by atoms with E-state index < -0.39 is 0 Å². The summed E-state index contributed by atoms with van der Waals surface area (Å²) in [6, 6.07) is 4.26. The minimum Gasteiger partial charge on any atom is -0.354 e. The Bertz CT molecular complexity index is 371. The Labute approximate surface area is 120 Å². The number of amides is 1. The minimum atomic E-state index is -0.333. The van der Waals surface area contributed by atoms with E-state index in [0.717, 1.165) is 12.8 Å². The third kappa shape index (κ3) is 7.69. The second-order valence-corrected chi connectivity index (χ2v) is 6.50. The number of nitrogens with one attached hydrogen (secondary N) is 1. The summed E-state index contributed by atoms with van der Waals surface area (Å²) in [5.41, 5.74) is 5.46. The highest BCUT2D eigenvalue weighted by molar-refractivity contribution is 7.11. The van der Waals surface area contributed by atoms with Crippen molar-refractivity contribution in [2.75, 3.05) is 6.54 Å². The highest BCUT2D eigenvalue weighted by Crippen LogP contribution is 2.17. The Morgan fingerprint density at radius 3 is 2.61 bits per heavy atom. The van der Waals surface area contributed by atoms with Crippen LogP contribution in [0.2, 0.25) is 0 Å². The van der Waals surface area contributed by atoms with Gasteiger partial charge in [-0.05, 0) is 45.7 Å². The normalized spacial score (nSPS) is 10.9. The summed E-state index contributed by atoms with van der Waals surface area (Å²) in [7, 11) is 0. The maximum Gasteiger partial charge on any atom is 0.220 e. The zero-order chi connectivity index (χ0) is 12.9. The van der Waals surface area contributed by atoms with Crippen molar-refractivity contribution < 1.29 is 4.79 Å². The van der Waals surface area contributed by atoms with Crippen molar-refractivity contribution in [2.24, 2.45) is 5.73 Å². The highest BCUT2D eigenvalue weighted by Gasteiger charge is 2.11. The molecule has 0 radical (unpaired) electrons. The number of carbonyl (C=O) groups is 1. The fourth-order valence-electron chi connectivity index (χ4n) is 1.46. The van der Waals surface area contributed by atoms with Gasteiger partial charge in [-0.15, -0.1) is 23.7 Å².